The van der Waals surface area contributed by atoms with E-state index in [-0.39, 0.29) is 37.0 Å². The summed E-state index contributed by atoms with van der Waals surface area (Å²) in [7, 11) is 0. The normalized spacial score (nSPS) is 11.6. The van der Waals surface area contributed by atoms with Gasteiger partial charge in [0.1, 0.15) is 13.2 Å². The molecular weight excluding hydrogens is 839 g/mol. The van der Waals surface area contributed by atoms with Crippen LogP contribution in [-0.4, -0.2) is 171 Å². The number of benzene rings is 2. The summed E-state index contributed by atoms with van der Waals surface area (Å²) in [4.78, 5) is 24.1. The lowest BCUT2D eigenvalue weighted by Crippen LogP contribution is -2.16. The monoisotopic (exact) mass is 907 g/mol. The number of ether oxygens (including phenoxy) is 13. The molecule has 0 aliphatic carbocycles. The van der Waals surface area contributed by atoms with Gasteiger partial charge in [-0.1, -0.05) is 38.0 Å². The highest BCUT2D eigenvalue weighted by molar-refractivity contribution is 5.96. The molecule has 0 aliphatic rings. The first kappa shape index (κ1) is 55.7. The SMILES string of the molecule is CCCCCC(=O)OCCOCCOCCOCCOCCOCCOCCOCCOCCOCCOCCOCCOC(=O)c1ccccc1Nc1cccc(C(F)(F)F)c1. The molecule has 19 heteroatoms. The molecule has 0 saturated carbocycles. The van der Waals surface area contributed by atoms with Gasteiger partial charge >= 0.3 is 18.1 Å². The van der Waals surface area contributed by atoms with Crippen LogP contribution < -0.4 is 5.32 Å². The first-order chi connectivity index (χ1) is 30.8. The van der Waals surface area contributed by atoms with Crippen LogP contribution in [0.2, 0.25) is 0 Å². The molecule has 0 aliphatic heterocycles. The summed E-state index contributed by atoms with van der Waals surface area (Å²) in [6.07, 6.45) is -1.04. The van der Waals surface area contributed by atoms with Gasteiger partial charge in [-0.15, -0.1) is 0 Å². The highest BCUT2D eigenvalue weighted by atomic mass is 19.4. The minimum atomic E-state index is -4.48. The van der Waals surface area contributed by atoms with Crippen molar-refractivity contribution in [1.29, 1.82) is 0 Å². The fourth-order valence-corrected chi connectivity index (χ4v) is 5.08. The smallest absolute Gasteiger partial charge is 0.416 e. The van der Waals surface area contributed by atoms with Crippen LogP contribution in [-0.2, 0) is 72.6 Å². The van der Waals surface area contributed by atoms with Crippen molar-refractivity contribution in [2.45, 2.75) is 38.8 Å². The molecule has 1 N–H and O–H groups in total. The number of hydrogen-bond donors (Lipinski definition) is 1. The van der Waals surface area contributed by atoms with Crippen molar-refractivity contribution < 1.29 is 84.3 Å². The second-order valence-electron chi connectivity index (χ2n) is 13.3. The van der Waals surface area contributed by atoms with Gasteiger partial charge in [0.2, 0.25) is 0 Å². The van der Waals surface area contributed by atoms with E-state index < -0.39 is 17.7 Å². The van der Waals surface area contributed by atoms with Crippen LogP contribution in [0.4, 0.5) is 24.5 Å². The summed E-state index contributed by atoms with van der Waals surface area (Å²) in [5.41, 5.74) is -0.107. The second kappa shape index (κ2) is 38.9. The zero-order valence-corrected chi connectivity index (χ0v) is 36.7. The molecule has 0 fully saturated rings. The summed E-state index contributed by atoms with van der Waals surface area (Å²) in [5, 5.41) is 2.86. The van der Waals surface area contributed by atoms with Crippen LogP contribution in [0.5, 0.6) is 0 Å². The van der Waals surface area contributed by atoms with E-state index in [4.69, 9.17) is 61.6 Å². The van der Waals surface area contributed by atoms with Gasteiger partial charge in [-0.25, -0.2) is 4.79 Å². The van der Waals surface area contributed by atoms with Crippen molar-refractivity contribution in [2.75, 3.05) is 164 Å². The van der Waals surface area contributed by atoms with Gasteiger partial charge in [-0.3, -0.25) is 4.79 Å². The van der Waals surface area contributed by atoms with Gasteiger partial charge in [0, 0.05) is 12.1 Å². The first-order valence-corrected chi connectivity index (χ1v) is 21.5. The minimum Gasteiger partial charge on any atom is -0.463 e. The average Bonchev–Trinajstić information content (AvgIpc) is 3.27. The molecule has 0 amide bonds. The molecule has 0 spiro atoms. The Morgan fingerprint density at radius 1 is 0.476 bits per heavy atom. The molecule has 0 radical (unpaired) electrons. The van der Waals surface area contributed by atoms with Crippen LogP contribution >= 0.6 is 0 Å². The van der Waals surface area contributed by atoms with Crippen molar-refractivity contribution >= 4 is 23.3 Å². The molecule has 360 valence electrons. The van der Waals surface area contributed by atoms with Crippen molar-refractivity contribution in [1.82, 2.24) is 0 Å². The quantitative estimate of drug-likeness (QED) is 0.0616. The third-order valence-corrected chi connectivity index (χ3v) is 8.27. The lowest BCUT2D eigenvalue weighted by atomic mass is 10.1. The van der Waals surface area contributed by atoms with Crippen LogP contribution in [0.1, 0.15) is 48.5 Å². The Labute approximate surface area is 369 Å². The van der Waals surface area contributed by atoms with E-state index in [9.17, 15) is 22.8 Å². The Bertz CT molecular complexity index is 1410. The van der Waals surface area contributed by atoms with Gasteiger partial charge < -0.3 is 66.9 Å². The number of para-hydroxylation sites is 1. The maximum Gasteiger partial charge on any atom is 0.416 e. The molecular formula is C44H68F3NO15. The van der Waals surface area contributed by atoms with Gasteiger partial charge in [-0.05, 0) is 36.8 Å². The molecule has 0 unspecified atom stereocenters. The van der Waals surface area contributed by atoms with Crippen molar-refractivity contribution in [3.8, 4) is 0 Å². The van der Waals surface area contributed by atoms with Crippen LogP contribution in [0.25, 0.3) is 0 Å². The molecule has 0 atom stereocenters. The first-order valence-electron chi connectivity index (χ1n) is 21.5. The molecule has 2 rings (SSSR count). The molecule has 63 heavy (non-hydrogen) atoms. The molecule has 0 saturated heterocycles. The van der Waals surface area contributed by atoms with Gasteiger partial charge in [0.15, 0.2) is 0 Å². The molecule has 2 aromatic rings. The zero-order chi connectivity index (χ0) is 45.3. The Morgan fingerprint density at radius 3 is 1.25 bits per heavy atom. The summed E-state index contributed by atoms with van der Waals surface area (Å²) in [5.74, 6) is -0.806. The van der Waals surface area contributed by atoms with Crippen molar-refractivity contribution in [3.05, 3.63) is 59.7 Å². The summed E-state index contributed by atoms with van der Waals surface area (Å²) in [6.45, 7) is 11.5. The fraction of sp³-hybridized carbons (Fsp3) is 0.682. The van der Waals surface area contributed by atoms with Crippen LogP contribution in [0.3, 0.4) is 0 Å². The van der Waals surface area contributed by atoms with E-state index in [2.05, 4.69) is 12.2 Å². The fourth-order valence-electron chi connectivity index (χ4n) is 5.08. The van der Waals surface area contributed by atoms with Gasteiger partial charge in [-0.2, -0.15) is 13.2 Å². The Morgan fingerprint density at radius 2 is 0.857 bits per heavy atom. The average molecular weight is 908 g/mol. The van der Waals surface area contributed by atoms with Crippen LogP contribution in [0, 0.1) is 0 Å². The second-order valence-corrected chi connectivity index (χ2v) is 13.3. The third kappa shape index (κ3) is 31.9. The Hall–Kier alpha value is -3.47. The number of alkyl halides is 3. The highest BCUT2D eigenvalue weighted by Crippen LogP contribution is 2.32. The number of anilines is 2. The summed E-state index contributed by atoms with van der Waals surface area (Å²) in [6, 6.07) is 11.1. The van der Waals surface area contributed by atoms with E-state index >= 15 is 0 Å². The van der Waals surface area contributed by atoms with E-state index in [1.807, 2.05) is 0 Å². The highest BCUT2D eigenvalue weighted by Gasteiger charge is 2.30. The van der Waals surface area contributed by atoms with Gasteiger partial charge in [0.25, 0.3) is 0 Å². The van der Waals surface area contributed by atoms with E-state index in [1.165, 1.54) is 18.2 Å². The number of carbonyl (C=O) groups is 2. The van der Waals surface area contributed by atoms with E-state index in [0.717, 1.165) is 31.4 Å². The Kier molecular flexibility index (Phi) is 34.4. The maximum atomic E-state index is 13.1. The predicted molar refractivity (Wildman–Crippen MR) is 226 cm³/mol. The largest absolute Gasteiger partial charge is 0.463 e. The number of halogens is 3. The zero-order valence-electron chi connectivity index (χ0n) is 36.7. The van der Waals surface area contributed by atoms with Crippen LogP contribution in [0.15, 0.2) is 48.5 Å². The number of esters is 2. The standard InChI is InChI=1S/C44H68F3NO15/c1-2-3-4-12-42(49)62-35-33-60-31-29-58-27-25-56-23-21-54-19-17-52-15-13-51-14-16-53-18-20-55-22-24-57-26-28-59-30-32-61-34-36-63-43(50)40-10-5-6-11-41(40)48-39-9-7-8-38(37-39)44(45,46)47/h5-11,37,48H,2-4,12-36H2,1H3. The topological polar surface area (TPSA) is 166 Å². The molecule has 0 aromatic heterocycles. The number of unbranched alkanes of at least 4 members (excludes halogenated alkanes) is 2. The van der Waals surface area contributed by atoms with Gasteiger partial charge in [0.05, 0.1) is 162 Å². The lowest BCUT2D eigenvalue weighted by molar-refractivity contribution is -0.145. The number of nitrogens with one attached hydrogen (secondary N) is 1. The molecule has 16 nitrogen and oxygen atoms in total. The maximum absolute atomic E-state index is 13.1. The van der Waals surface area contributed by atoms with Crippen molar-refractivity contribution in [3.63, 3.8) is 0 Å². The number of hydrogen-bond acceptors (Lipinski definition) is 16. The van der Waals surface area contributed by atoms with Crippen molar-refractivity contribution in [2.24, 2.45) is 0 Å². The van der Waals surface area contributed by atoms with E-state index in [1.54, 1.807) is 18.2 Å². The lowest BCUT2D eigenvalue weighted by Gasteiger charge is -2.13. The summed E-state index contributed by atoms with van der Waals surface area (Å²) >= 11 is 0. The number of carbonyl (C=O) groups excluding carboxylic acids is 2. The predicted octanol–water partition coefficient (Wildman–Crippen LogP) is 5.91. The van der Waals surface area contributed by atoms with E-state index in [0.29, 0.717) is 151 Å². The third-order valence-electron chi connectivity index (χ3n) is 8.27. The number of rotatable bonds is 43. The molecule has 2 aromatic carbocycles. The summed E-state index contributed by atoms with van der Waals surface area (Å²) < 4.78 is 110. The molecule has 0 heterocycles. The minimum absolute atomic E-state index is 0.00801. The Balaban J connectivity index is 1.23. The molecule has 0 bridgehead atoms.